The van der Waals surface area contributed by atoms with Crippen molar-refractivity contribution in [2.24, 2.45) is 5.92 Å². The van der Waals surface area contributed by atoms with Gasteiger partial charge in [0, 0.05) is 12.1 Å². The molecule has 0 saturated carbocycles. The van der Waals surface area contributed by atoms with Gasteiger partial charge in [0.2, 0.25) is 11.8 Å². The molecule has 1 heterocycles. The Hall–Kier alpha value is -4.22. The van der Waals surface area contributed by atoms with Gasteiger partial charge in [-0.25, -0.2) is 0 Å². The summed E-state index contributed by atoms with van der Waals surface area (Å²) >= 11 is 0. The molecular weight excluding hydrogens is 531 g/mol. The number of halogens is 3. The molecule has 3 rings (SSSR count). The molecule has 2 aromatic carbocycles. The molecule has 9 nitrogen and oxygen atoms in total. The number of amides is 3. The topological polar surface area (TPSA) is 133 Å². The molecule has 0 bridgehead atoms. The Morgan fingerprint density at radius 1 is 1.05 bits per heavy atom. The van der Waals surface area contributed by atoms with Crippen LogP contribution in [0.1, 0.15) is 49.0 Å². The predicted octanol–water partition coefficient (Wildman–Crippen LogP) is 3.28. The third-order valence-corrected chi connectivity index (χ3v) is 6.64. The largest absolute Gasteiger partial charge is 0.481 e. The Labute approximate surface area is 228 Å². The van der Waals surface area contributed by atoms with Gasteiger partial charge in [0.15, 0.2) is 0 Å². The van der Waals surface area contributed by atoms with Crippen molar-refractivity contribution >= 4 is 30.0 Å². The fourth-order valence-electron chi connectivity index (χ4n) is 4.59. The minimum absolute atomic E-state index is 0.152. The predicted molar refractivity (Wildman–Crippen MR) is 138 cm³/mol. The fourth-order valence-corrected chi connectivity index (χ4v) is 4.59. The minimum atomic E-state index is -4.50. The standard InChI is InChI=1S/C28H30F3N3O6/c1-16(2)24(27(40)34-13-5-8-22(34)26(39)32-19(15-35)14-23(36)37)33-25(38)21-7-4-3-6-20(21)17-9-11-18(12-10-17)28(29,30)31/h3-4,6-7,9-12,15-16,19,22,24H,5,8,13-14H2,1-2H3,(H,32,39)(H,33,38)(H,36,37)/t19-,22-,24-/m0/s1. The van der Waals surface area contributed by atoms with Gasteiger partial charge < -0.3 is 25.4 Å². The van der Waals surface area contributed by atoms with E-state index in [1.807, 2.05) is 0 Å². The van der Waals surface area contributed by atoms with Crippen LogP contribution in [0.5, 0.6) is 0 Å². The van der Waals surface area contributed by atoms with Crippen LogP contribution in [0.25, 0.3) is 11.1 Å². The summed E-state index contributed by atoms with van der Waals surface area (Å²) in [5.74, 6) is -3.46. The van der Waals surface area contributed by atoms with Crippen molar-refractivity contribution in [2.45, 2.75) is 57.4 Å². The van der Waals surface area contributed by atoms with E-state index in [0.29, 0.717) is 30.3 Å². The van der Waals surface area contributed by atoms with Crippen molar-refractivity contribution in [3.05, 3.63) is 59.7 Å². The van der Waals surface area contributed by atoms with Gasteiger partial charge in [-0.3, -0.25) is 19.2 Å². The Bertz CT molecular complexity index is 1260. The first-order chi connectivity index (χ1) is 18.8. The van der Waals surface area contributed by atoms with Crippen molar-refractivity contribution in [1.82, 2.24) is 15.5 Å². The van der Waals surface area contributed by atoms with E-state index >= 15 is 0 Å². The average Bonchev–Trinajstić information content (AvgIpc) is 3.40. The molecule has 214 valence electrons. The first kappa shape index (κ1) is 30.3. The molecule has 0 unspecified atom stereocenters. The first-order valence-electron chi connectivity index (χ1n) is 12.7. The van der Waals surface area contributed by atoms with E-state index in [1.165, 1.54) is 23.1 Å². The Morgan fingerprint density at radius 3 is 2.27 bits per heavy atom. The van der Waals surface area contributed by atoms with Gasteiger partial charge in [0.05, 0.1) is 18.0 Å². The van der Waals surface area contributed by atoms with E-state index in [0.717, 1.165) is 12.1 Å². The summed E-state index contributed by atoms with van der Waals surface area (Å²) in [7, 11) is 0. The maximum absolute atomic E-state index is 13.5. The fraction of sp³-hybridized carbons (Fsp3) is 0.393. The molecule has 2 aromatic rings. The minimum Gasteiger partial charge on any atom is -0.481 e. The Morgan fingerprint density at radius 2 is 1.70 bits per heavy atom. The molecule has 3 N–H and O–H groups in total. The van der Waals surface area contributed by atoms with E-state index in [2.05, 4.69) is 10.6 Å². The second-order valence-corrected chi connectivity index (χ2v) is 9.85. The highest BCUT2D eigenvalue weighted by Gasteiger charge is 2.39. The molecule has 1 aliphatic rings. The Balaban J connectivity index is 1.80. The summed E-state index contributed by atoms with van der Waals surface area (Å²) in [6.45, 7) is 3.65. The SMILES string of the molecule is CC(C)[C@H](NC(=O)c1ccccc1-c1ccc(C(F)(F)F)cc1)C(=O)N1CCC[C@H]1C(=O)N[C@H](C=O)CC(=O)O. The van der Waals surface area contributed by atoms with Gasteiger partial charge in [-0.2, -0.15) is 13.2 Å². The van der Waals surface area contributed by atoms with Crippen LogP contribution < -0.4 is 10.6 Å². The van der Waals surface area contributed by atoms with E-state index in [-0.39, 0.29) is 12.1 Å². The van der Waals surface area contributed by atoms with E-state index < -0.39 is 65.9 Å². The van der Waals surface area contributed by atoms with Crippen LogP contribution >= 0.6 is 0 Å². The molecule has 12 heteroatoms. The molecule has 0 spiro atoms. The zero-order valence-corrected chi connectivity index (χ0v) is 21.9. The van der Waals surface area contributed by atoms with Crippen LogP contribution in [-0.2, 0) is 25.4 Å². The molecular formula is C28H30F3N3O6. The van der Waals surface area contributed by atoms with Crippen LogP contribution in [0.3, 0.4) is 0 Å². The molecule has 1 saturated heterocycles. The number of likely N-dealkylation sites (tertiary alicyclic amines) is 1. The number of hydrogen-bond donors (Lipinski definition) is 3. The molecule has 1 aliphatic heterocycles. The van der Waals surface area contributed by atoms with Gasteiger partial charge in [0.1, 0.15) is 18.4 Å². The highest BCUT2D eigenvalue weighted by molar-refractivity contribution is 6.03. The average molecular weight is 562 g/mol. The van der Waals surface area contributed by atoms with Gasteiger partial charge in [0.25, 0.3) is 5.91 Å². The summed E-state index contributed by atoms with van der Waals surface area (Å²) < 4.78 is 39.0. The normalized spacial score (nSPS) is 16.8. The number of carboxylic acid groups (broad SMARTS) is 1. The zero-order chi connectivity index (χ0) is 29.6. The number of nitrogens with one attached hydrogen (secondary N) is 2. The number of aliphatic carboxylic acids is 1. The van der Waals surface area contributed by atoms with Crippen LogP contribution in [0.15, 0.2) is 48.5 Å². The highest BCUT2D eigenvalue weighted by Crippen LogP contribution is 2.32. The third kappa shape index (κ3) is 7.25. The lowest BCUT2D eigenvalue weighted by Gasteiger charge is -2.31. The van der Waals surface area contributed by atoms with Gasteiger partial charge in [-0.15, -0.1) is 0 Å². The van der Waals surface area contributed by atoms with Crippen LogP contribution in [0, 0.1) is 5.92 Å². The number of aldehydes is 1. The number of rotatable bonds is 10. The number of hydrogen-bond acceptors (Lipinski definition) is 5. The van der Waals surface area contributed by atoms with Crippen LogP contribution in [0.4, 0.5) is 13.2 Å². The number of carboxylic acids is 1. The maximum Gasteiger partial charge on any atom is 0.416 e. The summed E-state index contributed by atoms with van der Waals surface area (Å²) in [5, 5.41) is 14.0. The lowest BCUT2D eigenvalue weighted by Crippen LogP contribution is -2.56. The monoisotopic (exact) mass is 561 g/mol. The molecule has 1 fully saturated rings. The molecule has 0 aromatic heterocycles. The summed E-state index contributed by atoms with van der Waals surface area (Å²) in [6.07, 6.45) is -4.00. The zero-order valence-electron chi connectivity index (χ0n) is 21.9. The third-order valence-electron chi connectivity index (χ3n) is 6.64. The van der Waals surface area contributed by atoms with E-state index in [4.69, 9.17) is 5.11 Å². The van der Waals surface area contributed by atoms with E-state index in [1.54, 1.807) is 32.0 Å². The number of benzene rings is 2. The van der Waals surface area contributed by atoms with Crippen LogP contribution in [0.2, 0.25) is 0 Å². The molecule has 3 amide bonds. The second kappa shape index (κ2) is 12.8. The second-order valence-electron chi connectivity index (χ2n) is 9.85. The van der Waals surface area contributed by atoms with Gasteiger partial charge in [-0.1, -0.05) is 44.2 Å². The Kier molecular flexibility index (Phi) is 9.67. The number of nitrogens with zero attached hydrogens (tertiary/aromatic N) is 1. The number of carbonyl (C=O) groups excluding carboxylic acids is 4. The highest BCUT2D eigenvalue weighted by atomic mass is 19.4. The molecule has 0 radical (unpaired) electrons. The van der Waals surface area contributed by atoms with Gasteiger partial charge >= 0.3 is 12.1 Å². The molecule has 3 atom stereocenters. The van der Waals surface area contributed by atoms with Crippen molar-refractivity contribution in [1.29, 1.82) is 0 Å². The van der Waals surface area contributed by atoms with Crippen LogP contribution in [-0.4, -0.2) is 64.7 Å². The van der Waals surface area contributed by atoms with Crippen molar-refractivity contribution < 1.29 is 42.3 Å². The summed E-state index contributed by atoms with van der Waals surface area (Å²) in [6, 6.07) is 7.48. The van der Waals surface area contributed by atoms with Crippen molar-refractivity contribution in [3.63, 3.8) is 0 Å². The quantitative estimate of drug-likeness (QED) is 0.382. The van der Waals surface area contributed by atoms with Crippen molar-refractivity contribution in [2.75, 3.05) is 6.54 Å². The number of carbonyl (C=O) groups is 5. The van der Waals surface area contributed by atoms with Gasteiger partial charge in [-0.05, 0) is 48.1 Å². The van der Waals surface area contributed by atoms with Crippen molar-refractivity contribution in [3.8, 4) is 11.1 Å². The first-order valence-corrected chi connectivity index (χ1v) is 12.7. The summed E-state index contributed by atoms with van der Waals surface area (Å²) in [4.78, 5) is 63.2. The smallest absolute Gasteiger partial charge is 0.416 e. The lowest BCUT2D eigenvalue weighted by molar-refractivity contribution is -0.142. The summed E-state index contributed by atoms with van der Waals surface area (Å²) in [5.41, 5.74) is 0.0863. The van der Waals surface area contributed by atoms with E-state index in [9.17, 15) is 37.1 Å². The molecule has 40 heavy (non-hydrogen) atoms. The lowest BCUT2D eigenvalue weighted by atomic mass is 9.96. The number of alkyl halides is 3. The maximum atomic E-state index is 13.5. The molecule has 0 aliphatic carbocycles.